The van der Waals surface area contributed by atoms with Gasteiger partial charge in [0.25, 0.3) is 0 Å². The molecule has 0 saturated heterocycles. The number of aromatic nitrogens is 2. The van der Waals surface area contributed by atoms with Crippen molar-refractivity contribution in [3.8, 4) is 0 Å². The number of aliphatic hydroxyl groups excluding tert-OH is 1. The lowest BCUT2D eigenvalue weighted by atomic mass is 10.4. The Morgan fingerprint density at radius 2 is 2.19 bits per heavy atom. The van der Waals surface area contributed by atoms with Crippen LogP contribution in [-0.2, 0) is 11.3 Å². The quantitative estimate of drug-likeness (QED) is 0.390. The van der Waals surface area contributed by atoms with Crippen LogP contribution in [0.5, 0.6) is 0 Å². The minimum Gasteiger partial charge on any atom is -0.392 e. The van der Waals surface area contributed by atoms with Crippen LogP contribution in [0.2, 0.25) is 0 Å². The summed E-state index contributed by atoms with van der Waals surface area (Å²) in [5.41, 5.74) is 2.44. The van der Waals surface area contributed by atoms with Crippen molar-refractivity contribution in [2.45, 2.75) is 19.6 Å². The van der Waals surface area contributed by atoms with E-state index in [1.807, 2.05) is 0 Å². The number of hydrogen-bond donors (Lipinski definition) is 4. The molecule has 0 fully saturated rings. The van der Waals surface area contributed by atoms with Gasteiger partial charge in [0.15, 0.2) is 5.82 Å². The number of hydrazine groups is 1. The minimum absolute atomic E-state index is 0.304. The summed E-state index contributed by atoms with van der Waals surface area (Å²) in [7, 11) is 1.56. The van der Waals surface area contributed by atoms with Crippen molar-refractivity contribution < 1.29 is 9.84 Å². The first-order chi connectivity index (χ1) is 7.65. The molecule has 0 spiro atoms. The maximum Gasteiger partial charge on any atom is 0.158 e. The average molecular weight is 227 g/mol. The van der Waals surface area contributed by atoms with Crippen LogP contribution in [0, 0.1) is 0 Å². The van der Waals surface area contributed by atoms with E-state index >= 15 is 0 Å². The maximum atomic E-state index is 9.14. The fraction of sp³-hybridized carbons (Fsp3) is 0.556. The van der Waals surface area contributed by atoms with Crippen LogP contribution >= 0.6 is 0 Å². The molecule has 0 aliphatic carbocycles. The summed E-state index contributed by atoms with van der Waals surface area (Å²) in [5, 5.41) is 12.1. The number of methoxy groups -OCH3 is 1. The second-order valence-corrected chi connectivity index (χ2v) is 3.36. The van der Waals surface area contributed by atoms with E-state index in [9.17, 15) is 0 Å². The van der Waals surface area contributed by atoms with Gasteiger partial charge in [-0.3, -0.25) is 0 Å². The Kier molecular flexibility index (Phi) is 4.90. The van der Waals surface area contributed by atoms with Crippen LogP contribution in [0.3, 0.4) is 0 Å². The zero-order valence-corrected chi connectivity index (χ0v) is 9.40. The Morgan fingerprint density at radius 3 is 2.75 bits per heavy atom. The van der Waals surface area contributed by atoms with E-state index in [2.05, 4.69) is 20.7 Å². The first kappa shape index (κ1) is 12.6. The van der Waals surface area contributed by atoms with Gasteiger partial charge in [-0.2, -0.15) is 0 Å². The minimum atomic E-state index is -0.449. The first-order valence-electron chi connectivity index (χ1n) is 4.91. The van der Waals surface area contributed by atoms with E-state index < -0.39 is 6.10 Å². The van der Waals surface area contributed by atoms with Crippen LogP contribution in [0.25, 0.3) is 0 Å². The predicted molar refractivity (Wildman–Crippen MR) is 60.7 cm³/mol. The van der Waals surface area contributed by atoms with E-state index in [0.717, 1.165) is 0 Å². The number of nitrogens with zero attached hydrogens (tertiary/aromatic N) is 2. The van der Waals surface area contributed by atoms with Gasteiger partial charge in [0.1, 0.15) is 18.2 Å². The van der Waals surface area contributed by atoms with Gasteiger partial charge in [0.05, 0.1) is 6.10 Å². The highest BCUT2D eigenvalue weighted by Gasteiger charge is 2.04. The number of anilines is 2. The molecule has 1 atom stereocenters. The van der Waals surface area contributed by atoms with Gasteiger partial charge in [-0.25, -0.2) is 15.8 Å². The van der Waals surface area contributed by atoms with Crippen molar-refractivity contribution in [2.24, 2.45) is 5.84 Å². The Bertz CT molecular complexity index is 332. The van der Waals surface area contributed by atoms with Crippen LogP contribution in [0.1, 0.15) is 12.7 Å². The molecule has 5 N–H and O–H groups in total. The lowest BCUT2D eigenvalue weighted by molar-refractivity contribution is 0.178. The lowest BCUT2D eigenvalue weighted by Gasteiger charge is -2.10. The van der Waals surface area contributed by atoms with Gasteiger partial charge in [0, 0.05) is 19.7 Å². The second-order valence-electron chi connectivity index (χ2n) is 3.36. The van der Waals surface area contributed by atoms with Crippen molar-refractivity contribution in [1.29, 1.82) is 0 Å². The SMILES string of the molecule is COCc1nc(NN)cc(NCC(C)O)n1. The summed E-state index contributed by atoms with van der Waals surface area (Å²) in [6, 6.07) is 1.65. The normalized spacial score (nSPS) is 12.2. The largest absolute Gasteiger partial charge is 0.392 e. The van der Waals surface area contributed by atoms with Gasteiger partial charge in [-0.1, -0.05) is 0 Å². The molecule has 1 aromatic rings. The van der Waals surface area contributed by atoms with Crippen molar-refractivity contribution in [3.05, 3.63) is 11.9 Å². The monoisotopic (exact) mass is 227 g/mol. The number of rotatable bonds is 6. The van der Waals surface area contributed by atoms with Gasteiger partial charge in [-0.15, -0.1) is 0 Å². The standard InChI is InChI=1S/C9H17N5O2/c1-6(15)4-11-7-3-8(14-10)13-9(12-7)5-16-2/h3,6,15H,4-5,10H2,1-2H3,(H2,11,12,13,14). The molecule has 0 aliphatic rings. The van der Waals surface area contributed by atoms with E-state index in [1.165, 1.54) is 0 Å². The first-order valence-corrected chi connectivity index (χ1v) is 4.91. The van der Waals surface area contributed by atoms with Crippen LogP contribution < -0.4 is 16.6 Å². The Labute approximate surface area is 94.0 Å². The van der Waals surface area contributed by atoms with Gasteiger partial charge in [0.2, 0.25) is 0 Å². The molecule has 0 radical (unpaired) electrons. The Morgan fingerprint density at radius 1 is 1.50 bits per heavy atom. The fourth-order valence-corrected chi connectivity index (χ4v) is 1.11. The molecule has 0 amide bonds. The van der Waals surface area contributed by atoms with Crippen molar-refractivity contribution in [3.63, 3.8) is 0 Å². The third kappa shape index (κ3) is 3.97. The summed E-state index contributed by atoms with van der Waals surface area (Å²) >= 11 is 0. The Balaban J connectivity index is 2.77. The highest BCUT2D eigenvalue weighted by Crippen LogP contribution is 2.10. The summed E-state index contributed by atoms with van der Waals surface area (Å²) in [5.74, 6) is 6.89. The molecular weight excluding hydrogens is 210 g/mol. The average Bonchev–Trinajstić information content (AvgIpc) is 2.26. The molecule has 7 heteroatoms. The van der Waals surface area contributed by atoms with E-state index in [4.69, 9.17) is 15.7 Å². The molecule has 1 rings (SSSR count). The molecule has 1 heterocycles. The number of nitrogen functional groups attached to an aromatic ring is 1. The molecule has 1 aromatic heterocycles. The molecule has 0 aliphatic heterocycles. The number of hydrogen-bond acceptors (Lipinski definition) is 7. The number of ether oxygens (including phenoxy) is 1. The van der Waals surface area contributed by atoms with Crippen LogP contribution in [0.15, 0.2) is 6.07 Å². The lowest BCUT2D eigenvalue weighted by Crippen LogP contribution is -2.18. The topological polar surface area (TPSA) is 105 Å². The third-order valence-electron chi connectivity index (χ3n) is 1.77. The van der Waals surface area contributed by atoms with E-state index in [-0.39, 0.29) is 0 Å². The molecule has 16 heavy (non-hydrogen) atoms. The Hall–Kier alpha value is -1.44. The highest BCUT2D eigenvalue weighted by molar-refractivity contribution is 5.46. The molecule has 0 bridgehead atoms. The zero-order valence-electron chi connectivity index (χ0n) is 9.40. The molecule has 7 nitrogen and oxygen atoms in total. The molecule has 1 unspecified atom stereocenters. The summed E-state index contributed by atoms with van der Waals surface area (Å²) in [6.45, 7) is 2.40. The van der Waals surface area contributed by atoms with Crippen molar-refractivity contribution in [1.82, 2.24) is 9.97 Å². The van der Waals surface area contributed by atoms with E-state index in [1.54, 1.807) is 20.1 Å². The molecule has 0 saturated carbocycles. The summed E-state index contributed by atoms with van der Waals surface area (Å²) in [6.07, 6.45) is -0.449. The molecule has 90 valence electrons. The zero-order chi connectivity index (χ0) is 12.0. The van der Waals surface area contributed by atoms with E-state index in [0.29, 0.717) is 30.6 Å². The summed E-state index contributed by atoms with van der Waals surface area (Å²) < 4.78 is 4.94. The van der Waals surface area contributed by atoms with Gasteiger partial charge < -0.3 is 20.6 Å². The van der Waals surface area contributed by atoms with Crippen molar-refractivity contribution >= 4 is 11.6 Å². The number of aliphatic hydroxyl groups is 1. The predicted octanol–water partition coefficient (Wildman–Crippen LogP) is -0.299. The third-order valence-corrected chi connectivity index (χ3v) is 1.77. The maximum absolute atomic E-state index is 9.14. The smallest absolute Gasteiger partial charge is 0.158 e. The highest BCUT2D eigenvalue weighted by atomic mass is 16.5. The fourth-order valence-electron chi connectivity index (χ4n) is 1.11. The van der Waals surface area contributed by atoms with Gasteiger partial charge >= 0.3 is 0 Å². The number of nitrogens with one attached hydrogen (secondary N) is 2. The summed E-state index contributed by atoms with van der Waals surface area (Å²) in [4.78, 5) is 8.28. The molecular formula is C9H17N5O2. The van der Waals surface area contributed by atoms with Crippen molar-refractivity contribution in [2.75, 3.05) is 24.4 Å². The molecule has 0 aromatic carbocycles. The van der Waals surface area contributed by atoms with Gasteiger partial charge in [-0.05, 0) is 6.92 Å². The van der Waals surface area contributed by atoms with Crippen LogP contribution in [-0.4, -0.2) is 34.8 Å². The number of nitrogens with two attached hydrogens (primary N) is 1. The van der Waals surface area contributed by atoms with Crippen LogP contribution in [0.4, 0.5) is 11.6 Å². The second kappa shape index (κ2) is 6.21.